The summed E-state index contributed by atoms with van der Waals surface area (Å²) in [7, 11) is 0. The Balaban J connectivity index is 1.77. The molecule has 0 unspecified atom stereocenters. The molecule has 1 aliphatic heterocycles. The lowest BCUT2D eigenvalue weighted by molar-refractivity contribution is 0.0948. The monoisotopic (exact) mass is 379 g/mol. The molecule has 0 spiro atoms. The van der Waals surface area contributed by atoms with E-state index in [9.17, 15) is 9.59 Å². The van der Waals surface area contributed by atoms with Gasteiger partial charge in [-0.3, -0.25) is 9.59 Å². The summed E-state index contributed by atoms with van der Waals surface area (Å²) in [5, 5.41) is 7.11. The first kappa shape index (κ1) is 18.0. The van der Waals surface area contributed by atoms with E-state index in [4.69, 9.17) is 23.2 Å². The summed E-state index contributed by atoms with van der Waals surface area (Å²) in [6, 6.07) is 8.67. The number of aromatic nitrogens is 1. The molecule has 7 heteroatoms. The van der Waals surface area contributed by atoms with Crippen molar-refractivity contribution in [1.82, 2.24) is 15.2 Å². The SMILES string of the molecule is O=C(NC[C@@H]1CCCN1)c1cccn(Cc2c(Cl)cccc2Cl)c1=O. The van der Waals surface area contributed by atoms with Crippen molar-refractivity contribution in [1.29, 1.82) is 0 Å². The molecular formula is C18H19Cl2N3O2. The largest absolute Gasteiger partial charge is 0.350 e. The van der Waals surface area contributed by atoms with Crippen molar-refractivity contribution in [3.63, 3.8) is 0 Å². The standard InChI is InChI=1S/C18H19Cl2N3O2/c19-15-6-1-7-16(20)14(15)11-23-9-3-5-13(18(23)25)17(24)22-10-12-4-2-8-21-12/h1,3,5-7,9,12,21H,2,4,8,10-11H2,(H,22,24)/t12-/m0/s1. The quantitative estimate of drug-likeness (QED) is 0.839. The van der Waals surface area contributed by atoms with Crippen LogP contribution < -0.4 is 16.2 Å². The Morgan fingerprint density at radius 2 is 2.00 bits per heavy atom. The van der Waals surface area contributed by atoms with Crippen LogP contribution in [0.15, 0.2) is 41.3 Å². The van der Waals surface area contributed by atoms with E-state index in [2.05, 4.69) is 10.6 Å². The topological polar surface area (TPSA) is 63.1 Å². The van der Waals surface area contributed by atoms with Gasteiger partial charge >= 0.3 is 0 Å². The van der Waals surface area contributed by atoms with Crippen LogP contribution in [0.1, 0.15) is 28.8 Å². The lowest BCUT2D eigenvalue weighted by atomic mass is 10.2. The normalized spacial score (nSPS) is 16.8. The molecule has 0 aliphatic carbocycles. The van der Waals surface area contributed by atoms with Crippen LogP contribution in [0.4, 0.5) is 0 Å². The maximum atomic E-state index is 12.6. The lowest BCUT2D eigenvalue weighted by Crippen LogP contribution is -2.39. The number of rotatable bonds is 5. The number of carbonyl (C=O) groups is 1. The molecule has 2 aromatic rings. The molecule has 0 radical (unpaired) electrons. The van der Waals surface area contributed by atoms with E-state index in [1.54, 1.807) is 30.5 Å². The van der Waals surface area contributed by atoms with Crippen molar-refractivity contribution in [2.75, 3.05) is 13.1 Å². The Morgan fingerprint density at radius 1 is 1.24 bits per heavy atom. The zero-order valence-electron chi connectivity index (χ0n) is 13.6. The van der Waals surface area contributed by atoms with Gasteiger partial charge in [0, 0.05) is 34.4 Å². The molecule has 0 bridgehead atoms. The number of amides is 1. The fourth-order valence-electron chi connectivity index (χ4n) is 2.93. The minimum atomic E-state index is -0.365. The van der Waals surface area contributed by atoms with Crippen LogP contribution in [0.3, 0.4) is 0 Å². The Morgan fingerprint density at radius 3 is 2.68 bits per heavy atom. The third-order valence-corrected chi connectivity index (χ3v) is 5.03. The Bertz CT molecular complexity index is 809. The van der Waals surface area contributed by atoms with Crippen molar-refractivity contribution < 1.29 is 4.79 Å². The van der Waals surface area contributed by atoms with Gasteiger partial charge in [0.15, 0.2) is 0 Å². The number of nitrogens with one attached hydrogen (secondary N) is 2. The van der Waals surface area contributed by atoms with Crippen molar-refractivity contribution in [3.8, 4) is 0 Å². The van der Waals surface area contributed by atoms with Gasteiger partial charge in [-0.2, -0.15) is 0 Å². The summed E-state index contributed by atoms with van der Waals surface area (Å²) < 4.78 is 1.44. The molecule has 1 amide bonds. The van der Waals surface area contributed by atoms with E-state index in [0.717, 1.165) is 19.4 Å². The molecule has 2 N–H and O–H groups in total. The third kappa shape index (κ3) is 4.24. The van der Waals surface area contributed by atoms with Crippen LogP contribution in [0.25, 0.3) is 0 Å². The summed E-state index contributed by atoms with van der Waals surface area (Å²) in [5.41, 5.74) is 0.402. The van der Waals surface area contributed by atoms with Crippen LogP contribution in [-0.4, -0.2) is 29.6 Å². The molecule has 1 fully saturated rings. The average molecular weight is 380 g/mol. The second kappa shape index (κ2) is 8.04. The summed E-state index contributed by atoms with van der Waals surface area (Å²) >= 11 is 12.3. The molecular weight excluding hydrogens is 361 g/mol. The summed E-state index contributed by atoms with van der Waals surface area (Å²) in [4.78, 5) is 25.0. The van der Waals surface area contributed by atoms with Gasteiger partial charge < -0.3 is 15.2 Å². The fourth-order valence-corrected chi connectivity index (χ4v) is 3.45. The van der Waals surface area contributed by atoms with Crippen molar-refractivity contribution in [3.05, 3.63) is 68.1 Å². The maximum Gasteiger partial charge on any atom is 0.263 e. The van der Waals surface area contributed by atoms with Gasteiger partial charge in [0.25, 0.3) is 11.5 Å². The van der Waals surface area contributed by atoms with Gasteiger partial charge in [-0.15, -0.1) is 0 Å². The number of carbonyl (C=O) groups excluding carboxylic acids is 1. The van der Waals surface area contributed by atoms with Gasteiger partial charge in [0.1, 0.15) is 5.56 Å². The van der Waals surface area contributed by atoms with Gasteiger partial charge in [-0.1, -0.05) is 29.3 Å². The zero-order valence-corrected chi connectivity index (χ0v) is 15.1. The number of hydrogen-bond donors (Lipinski definition) is 2. The van der Waals surface area contributed by atoms with Gasteiger partial charge in [0.05, 0.1) is 6.54 Å². The van der Waals surface area contributed by atoms with E-state index >= 15 is 0 Å². The van der Waals surface area contributed by atoms with E-state index in [0.29, 0.717) is 22.2 Å². The third-order valence-electron chi connectivity index (χ3n) is 4.33. The highest BCUT2D eigenvalue weighted by atomic mass is 35.5. The molecule has 3 rings (SSSR count). The van der Waals surface area contributed by atoms with Crippen LogP contribution in [0, 0.1) is 0 Å². The molecule has 1 atom stereocenters. The Hall–Kier alpha value is -1.82. The fraction of sp³-hybridized carbons (Fsp3) is 0.333. The zero-order chi connectivity index (χ0) is 17.8. The predicted molar refractivity (Wildman–Crippen MR) is 99.6 cm³/mol. The number of benzene rings is 1. The van der Waals surface area contributed by atoms with E-state index in [1.807, 2.05) is 0 Å². The van der Waals surface area contributed by atoms with Crippen LogP contribution in [-0.2, 0) is 6.54 Å². The summed E-state index contributed by atoms with van der Waals surface area (Å²) in [6.45, 7) is 1.70. The first-order chi connectivity index (χ1) is 12.1. The van der Waals surface area contributed by atoms with E-state index in [-0.39, 0.29) is 29.6 Å². The van der Waals surface area contributed by atoms with E-state index in [1.165, 1.54) is 10.6 Å². The molecule has 2 heterocycles. The van der Waals surface area contributed by atoms with Gasteiger partial charge in [-0.25, -0.2) is 0 Å². The van der Waals surface area contributed by atoms with Crippen LogP contribution in [0.2, 0.25) is 10.0 Å². The maximum absolute atomic E-state index is 12.6. The minimum absolute atomic E-state index is 0.115. The van der Waals surface area contributed by atoms with Crippen molar-refractivity contribution in [2.24, 2.45) is 0 Å². The van der Waals surface area contributed by atoms with Gasteiger partial charge in [-0.05, 0) is 43.7 Å². The second-order valence-electron chi connectivity index (χ2n) is 6.06. The molecule has 25 heavy (non-hydrogen) atoms. The summed E-state index contributed by atoms with van der Waals surface area (Å²) in [6.07, 6.45) is 3.76. The average Bonchev–Trinajstić information content (AvgIpc) is 3.11. The smallest absolute Gasteiger partial charge is 0.263 e. The van der Waals surface area contributed by atoms with Crippen LogP contribution in [0.5, 0.6) is 0 Å². The molecule has 132 valence electrons. The Labute approximate surface area is 155 Å². The highest BCUT2D eigenvalue weighted by Gasteiger charge is 2.17. The minimum Gasteiger partial charge on any atom is -0.350 e. The molecule has 5 nitrogen and oxygen atoms in total. The van der Waals surface area contributed by atoms with E-state index < -0.39 is 0 Å². The van der Waals surface area contributed by atoms with Crippen molar-refractivity contribution in [2.45, 2.75) is 25.4 Å². The first-order valence-electron chi connectivity index (χ1n) is 8.20. The Kier molecular flexibility index (Phi) is 5.78. The molecule has 1 aromatic heterocycles. The molecule has 1 aromatic carbocycles. The first-order valence-corrected chi connectivity index (χ1v) is 8.96. The van der Waals surface area contributed by atoms with Gasteiger partial charge in [0.2, 0.25) is 0 Å². The number of hydrogen-bond acceptors (Lipinski definition) is 3. The van der Waals surface area contributed by atoms with Crippen LogP contribution >= 0.6 is 23.2 Å². The number of nitrogens with zero attached hydrogens (tertiary/aromatic N) is 1. The molecule has 1 saturated heterocycles. The second-order valence-corrected chi connectivity index (χ2v) is 6.87. The lowest BCUT2D eigenvalue weighted by Gasteiger charge is -2.13. The highest BCUT2D eigenvalue weighted by Crippen LogP contribution is 2.24. The summed E-state index contributed by atoms with van der Waals surface area (Å²) in [5.74, 6) is -0.363. The highest BCUT2D eigenvalue weighted by molar-refractivity contribution is 6.35. The van der Waals surface area contributed by atoms with Crippen molar-refractivity contribution >= 4 is 29.1 Å². The number of halogens is 2. The molecule has 0 saturated carbocycles. The molecule has 1 aliphatic rings. The predicted octanol–water partition coefficient (Wildman–Crippen LogP) is 2.69. The number of pyridine rings is 1.